The Labute approximate surface area is 90.6 Å². The van der Waals surface area contributed by atoms with Crippen molar-refractivity contribution in [2.24, 2.45) is 5.73 Å². The van der Waals surface area contributed by atoms with Gasteiger partial charge in [-0.2, -0.15) is 0 Å². The zero-order chi connectivity index (χ0) is 9.90. The van der Waals surface area contributed by atoms with Crippen molar-refractivity contribution in [3.8, 4) is 0 Å². The number of rotatable bonds is 3. The van der Waals surface area contributed by atoms with E-state index in [0.29, 0.717) is 11.4 Å². The standard InChI is InChI=1S/C9H13NO2S.ClH/c1-2-13(11,12)9-5-3-8(7-10)4-6-9;/h3-6H,2,7,10H2,1H3;1H. The second kappa shape index (κ2) is 5.34. The highest BCUT2D eigenvalue weighted by molar-refractivity contribution is 7.91. The molecule has 0 saturated carbocycles. The first kappa shape index (κ1) is 13.4. The molecule has 0 radical (unpaired) electrons. The molecule has 0 aliphatic rings. The third kappa shape index (κ3) is 2.97. The molecule has 0 heterocycles. The topological polar surface area (TPSA) is 60.2 Å². The highest BCUT2D eigenvalue weighted by Crippen LogP contribution is 2.11. The maximum absolute atomic E-state index is 11.4. The van der Waals surface area contributed by atoms with Gasteiger partial charge in [0.25, 0.3) is 0 Å². The Hall–Kier alpha value is -0.580. The van der Waals surface area contributed by atoms with Gasteiger partial charge < -0.3 is 5.73 Å². The average molecular weight is 236 g/mol. The summed E-state index contributed by atoms with van der Waals surface area (Å²) in [6.45, 7) is 2.07. The second-order valence-corrected chi connectivity index (χ2v) is 5.03. The van der Waals surface area contributed by atoms with Gasteiger partial charge in [-0.15, -0.1) is 12.4 Å². The number of sulfone groups is 1. The lowest BCUT2D eigenvalue weighted by molar-refractivity contribution is 0.597. The van der Waals surface area contributed by atoms with E-state index in [1.165, 1.54) is 0 Å². The first-order valence-electron chi connectivity index (χ1n) is 4.12. The first-order valence-corrected chi connectivity index (χ1v) is 5.77. The molecule has 0 saturated heterocycles. The van der Waals surface area contributed by atoms with Crippen LogP contribution in [0.5, 0.6) is 0 Å². The maximum atomic E-state index is 11.4. The summed E-state index contributed by atoms with van der Waals surface area (Å²) in [5.74, 6) is 0.134. The lowest BCUT2D eigenvalue weighted by Gasteiger charge is -2.01. The molecule has 1 rings (SSSR count). The summed E-state index contributed by atoms with van der Waals surface area (Å²) in [6.07, 6.45) is 0. The number of hydrogen-bond acceptors (Lipinski definition) is 3. The smallest absolute Gasteiger partial charge is 0.178 e. The molecule has 0 aliphatic carbocycles. The molecule has 2 N–H and O–H groups in total. The highest BCUT2D eigenvalue weighted by Gasteiger charge is 2.09. The summed E-state index contributed by atoms with van der Waals surface area (Å²) in [4.78, 5) is 0.368. The van der Waals surface area contributed by atoms with Crippen molar-refractivity contribution in [3.63, 3.8) is 0 Å². The van der Waals surface area contributed by atoms with Gasteiger partial charge in [0.1, 0.15) is 0 Å². The fourth-order valence-electron chi connectivity index (χ4n) is 1.000. The summed E-state index contributed by atoms with van der Waals surface area (Å²) in [5.41, 5.74) is 6.33. The van der Waals surface area contributed by atoms with Gasteiger partial charge >= 0.3 is 0 Å². The van der Waals surface area contributed by atoms with Crippen LogP contribution in [0.25, 0.3) is 0 Å². The van der Waals surface area contributed by atoms with Crippen molar-refractivity contribution in [2.75, 3.05) is 5.75 Å². The van der Waals surface area contributed by atoms with E-state index in [9.17, 15) is 8.42 Å². The zero-order valence-electron chi connectivity index (χ0n) is 7.93. The van der Waals surface area contributed by atoms with E-state index in [1.807, 2.05) is 0 Å². The van der Waals surface area contributed by atoms with Crippen molar-refractivity contribution in [1.82, 2.24) is 0 Å². The van der Waals surface area contributed by atoms with Crippen molar-refractivity contribution >= 4 is 22.2 Å². The van der Waals surface area contributed by atoms with Gasteiger partial charge in [0.05, 0.1) is 10.6 Å². The van der Waals surface area contributed by atoms with Gasteiger partial charge in [0.15, 0.2) is 9.84 Å². The molecule has 0 unspecified atom stereocenters. The molecular weight excluding hydrogens is 222 g/mol. The van der Waals surface area contributed by atoms with Crippen LogP contribution >= 0.6 is 12.4 Å². The minimum atomic E-state index is -3.06. The summed E-state index contributed by atoms with van der Waals surface area (Å²) in [6, 6.07) is 6.67. The Morgan fingerprint density at radius 2 is 1.71 bits per heavy atom. The molecule has 3 nitrogen and oxygen atoms in total. The lowest BCUT2D eigenvalue weighted by Crippen LogP contribution is -2.04. The number of halogens is 1. The summed E-state index contributed by atoms with van der Waals surface area (Å²) >= 11 is 0. The van der Waals surface area contributed by atoms with Gasteiger partial charge in [-0.3, -0.25) is 0 Å². The molecule has 0 spiro atoms. The Morgan fingerprint density at radius 3 is 2.07 bits per heavy atom. The molecule has 0 aliphatic heterocycles. The number of nitrogens with two attached hydrogens (primary N) is 1. The predicted molar refractivity (Wildman–Crippen MR) is 59.3 cm³/mol. The average Bonchev–Trinajstić information content (AvgIpc) is 2.18. The summed E-state index contributed by atoms with van der Waals surface area (Å²) in [5, 5.41) is 0. The molecule has 0 aromatic heterocycles. The van der Waals surface area contributed by atoms with Gasteiger partial charge in [0.2, 0.25) is 0 Å². The molecule has 0 amide bonds. The minimum absolute atomic E-state index is 0. The number of hydrogen-bond donors (Lipinski definition) is 1. The Kier molecular flexibility index (Phi) is 5.12. The SMILES string of the molecule is CCS(=O)(=O)c1ccc(CN)cc1.Cl. The van der Waals surface area contributed by atoms with Crippen LogP contribution in [0, 0.1) is 0 Å². The van der Waals surface area contributed by atoms with Crippen LogP contribution in [0.3, 0.4) is 0 Å². The third-order valence-electron chi connectivity index (χ3n) is 1.90. The molecule has 80 valence electrons. The molecule has 0 fully saturated rings. The van der Waals surface area contributed by atoms with Crippen LogP contribution < -0.4 is 5.73 Å². The van der Waals surface area contributed by atoms with Crippen LogP contribution in [-0.4, -0.2) is 14.2 Å². The van der Waals surface area contributed by atoms with Gasteiger partial charge in [-0.1, -0.05) is 19.1 Å². The van der Waals surface area contributed by atoms with Crippen molar-refractivity contribution in [3.05, 3.63) is 29.8 Å². The minimum Gasteiger partial charge on any atom is -0.326 e. The Balaban J connectivity index is 0.00000169. The van der Waals surface area contributed by atoms with E-state index in [4.69, 9.17) is 5.73 Å². The van der Waals surface area contributed by atoms with Crippen LogP contribution in [0.4, 0.5) is 0 Å². The summed E-state index contributed by atoms with van der Waals surface area (Å²) in [7, 11) is -3.06. The van der Waals surface area contributed by atoms with Crippen LogP contribution in [0.15, 0.2) is 29.2 Å². The Morgan fingerprint density at radius 1 is 1.21 bits per heavy atom. The zero-order valence-corrected chi connectivity index (χ0v) is 9.57. The second-order valence-electron chi connectivity index (χ2n) is 2.75. The van der Waals surface area contributed by atoms with E-state index in [2.05, 4.69) is 0 Å². The molecule has 14 heavy (non-hydrogen) atoms. The maximum Gasteiger partial charge on any atom is 0.178 e. The molecule has 0 atom stereocenters. The number of benzene rings is 1. The predicted octanol–water partition coefficient (Wildman–Crippen LogP) is 1.36. The lowest BCUT2D eigenvalue weighted by atomic mass is 10.2. The molecule has 1 aromatic rings. The van der Waals surface area contributed by atoms with E-state index in [0.717, 1.165) is 5.56 Å². The first-order chi connectivity index (χ1) is 6.10. The van der Waals surface area contributed by atoms with Gasteiger partial charge in [-0.25, -0.2) is 8.42 Å². The monoisotopic (exact) mass is 235 g/mol. The normalized spacial score (nSPS) is 10.7. The van der Waals surface area contributed by atoms with E-state index < -0.39 is 9.84 Å². The van der Waals surface area contributed by atoms with Crippen LogP contribution in [0.1, 0.15) is 12.5 Å². The largest absolute Gasteiger partial charge is 0.326 e. The third-order valence-corrected chi connectivity index (χ3v) is 3.65. The van der Waals surface area contributed by atoms with Crippen LogP contribution in [-0.2, 0) is 16.4 Å². The van der Waals surface area contributed by atoms with Gasteiger partial charge in [0, 0.05) is 6.54 Å². The van der Waals surface area contributed by atoms with Crippen molar-refractivity contribution in [2.45, 2.75) is 18.4 Å². The Bertz CT molecular complexity index is 372. The van der Waals surface area contributed by atoms with Crippen molar-refractivity contribution in [1.29, 1.82) is 0 Å². The fourth-order valence-corrected chi connectivity index (χ4v) is 1.88. The van der Waals surface area contributed by atoms with Crippen LogP contribution in [0.2, 0.25) is 0 Å². The summed E-state index contributed by atoms with van der Waals surface area (Å²) < 4.78 is 22.7. The quantitative estimate of drug-likeness (QED) is 0.861. The molecule has 1 aromatic carbocycles. The van der Waals surface area contributed by atoms with E-state index >= 15 is 0 Å². The van der Waals surface area contributed by atoms with Crippen molar-refractivity contribution < 1.29 is 8.42 Å². The highest BCUT2D eigenvalue weighted by atomic mass is 35.5. The molecule has 5 heteroatoms. The molecular formula is C9H14ClNO2S. The molecule has 0 bridgehead atoms. The van der Waals surface area contributed by atoms with E-state index in [-0.39, 0.29) is 18.2 Å². The fraction of sp³-hybridized carbons (Fsp3) is 0.333. The van der Waals surface area contributed by atoms with E-state index in [1.54, 1.807) is 31.2 Å². The van der Waals surface area contributed by atoms with Gasteiger partial charge in [-0.05, 0) is 17.7 Å².